The van der Waals surface area contributed by atoms with E-state index in [1.807, 2.05) is 47.4 Å². The van der Waals surface area contributed by atoms with E-state index in [9.17, 15) is 14.4 Å². The van der Waals surface area contributed by atoms with Gasteiger partial charge in [-0.2, -0.15) is 0 Å². The van der Waals surface area contributed by atoms with Gasteiger partial charge in [0.1, 0.15) is 0 Å². The van der Waals surface area contributed by atoms with Crippen LogP contribution in [0.25, 0.3) is 0 Å². The topological polar surface area (TPSA) is 130 Å². The van der Waals surface area contributed by atoms with E-state index in [4.69, 9.17) is 10.2 Å². The third-order valence-corrected chi connectivity index (χ3v) is 4.54. The van der Waals surface area contributed by atoms with E-state index in [0.29, 0.717) is 12.2 Å². The SMILES string of the molecule is CN(C)CCCN1C(=O)C(c2ccccc2)c2ccccc21.O.O=C(O)/C=C/C(=O)O. The van der Waals surface area contributed by atoms with E-state index in [0.717, 1.165) is 36.3 Å². The molecule has 0 bridgehead atoms. The Kier molecular flexibility index (Phi) is 10.1. The molecule has 8 heteroatoms. The molecule has 166 valence electrons. The second-order valence-corrected chi connectivity index (χ2v) is 7.06. The Morgan fingerprint density at radius 2 is 1.52 bits per heavy atom. The second kappa shape index (κ2) is 12.3. The number of carboxylic acids is 2. The molecule has 8 nitrogen and oxygen atoms in total. The predicted molar refractivity (Wildman–Crippen MR) is 118 cm³/mol. The maximum Gasteiger partial charge on any atom is 0.328 e. The van der Waals surface area contributed by atoms with Crippen molar-refractivity contribution >= 4 is 23.5 Å². The number of anilines is 1. The fourth-order valence-electron chi connectivity index (χ4n) is 3.27. The van der Waals surface area contributed by atoms with Gasteiger partial charge in [0.2, 0.25) is 5.91 Å². The number of fused-ring (bicyclic) bond motifs is 1. The highest BCUT2D eigenvalue weighted by Gasteiger charge is 2.37. The van der Waals surface area contributed by atoms with Crippen LogP contribution in [0.15, 0.2) is 66.7 Å². The van der Waals surface area contributed by atoms with Crippen LogP contribution in [0.2, 0.25) is 0 Å². The lowest BCUT2D eigenvalue weighted by atomic mass is 9.93. The Balaban J connectivity index is 0.000000461. The van der Waals surface area contributed by atoms with Gasteiger partial charge in [-0.25, -0.2) is 9.59 Å². The quantitative estimate of drug-likeness (QED) is 0.649. The highest BCUT2D eigenvalue weighted by Crippen LogP contribution is 2.40. The van der Waals surface area contributed by atoms with Crippen LogP contribution in [-0.2, 0) is 14.4 Å². The van der Waals surface area contributed by atoms with Crippen molar-refractivity contribution in [3.8, 4) is 0 Å². The van der Waals surface area contributed by atoms with Crippen molar-refractivity contribution in [3.05, 3.63) is 77.9 Å². The highest BCUT2D eigenvalue weighted by molar-refractivity contribution is 6.06. The number of aliphatic carboxylic acids is 2. The smallest absolute Gasteiger partial charge is 0.328 e. The van der Waals surface area contributed by atoms with Crippen LogP contribution in [0.3, 0.4) is 0 Å². The molecule has 2 aromatic rings. The van der Waals surface area contributed by atoms with E-state index < -0.39 is 11.9 Å². The molecule has 0 aromatic heterocycles. The molecule has 1 aliphatic rings. The number of amides is 1. The van der Waals surface area contributed by atoms with Crippen LogP contribution in [-0.4, -0.2) is 65.6 Å². The predicted octanol–water partition coefficient (Wildman–Crippen LogP) is 2.00. The van der Waals surface area contributed by atoms with Crippen LogP contribution in [0, 0.1) is 0 Å². The molecule has 0 saturated carbocycles. The summed E-state index contributed by atoms with van der Waals surface area (Å²) >= 11 is 0. The molecule has 1 heterocycles. The molecular formula is C23H28N2O6. The number of para-hydroxylation sites is 1. The lowest BCUT2D eigenvalue weighted by Crippen LogP contribution is -2.31. The van der Waals surface area contributed by atoms with Gasteiger partial charge >= 0.3 is 11.9 Å². The van der Waals surface area contributed by atoms with Crippen LogP contribution < -0.4 is 4.90 Å². The van der Waals surface area contributed by atoms with Crippen LogP contribution in [0.1, 0.15) is 23.5 Å². The number of benzene rings is 2. The summed E-state index contributed by atoms with van der Waals surface area (Å²) in [4.78, 5) is 36.2. The van der Waals surface area contributed by atoms with Crippen molar-refractivity contribution in [2.24, 2.45) is 0 Å². The third kappa shape index (κ3) is 7.36. The maximum absolute atomic E-state index is 13.0. The lowest BCUT2D eigenvalue weighted by Gasteiger charge is -2.19. The van der Waals surface area contributed by atoms with Crippen LogP contribution in [0.4, 0.5) is 5.69 Å². The molecule has 4 N–H and O–H groups in total. The zero-order valence-corrected chi connectivity index (χ0v) is 17.6. The summed E-state index contributed by atoms with van der Waals surface area (Å²) in [6.07, 6.45) is 2.10. The zero-order chi connectivity index (χ0) is 22.1. The first-order chi connectivity index (χ1) is 14.3. The standard InChI is InChI=1S/C19H22N2O.C4H4O4.H2O/c1-20(2)13-8-14-21-17-12-7-6-11-16(17)18(19(21)22)15-9-4-3-5-10-15;5-3(6)1-2-4(7)8;/h3-7,9-12,18H,8,13-14H2,1-2H3;1-2H,(H,5,6)(H,7,8);1H2/b;2-1+;. The number of carboxylic acid groups (broad SMARTS) is 2. The van der Waals surface area contributed by atoms with Crippen molar-refractivity contribution in [1.82, 2.24) is 4.90 Å². The molecule has 1 unspecified atom stereocenters. The van der Waals surface area contributed by atoms with Crippen molar-refractivity contribution in [3.63, 3.8) is 0 Å². The molecule has 0 saturated heterocycles. The van der Waals surface area contributed by atoms with Gasteiger partial charge in [-0.3, -0.25) is 4.79 Å². The van der Waals surface area contributed by atoms with Crippen molar-refractivity contribution in [2.45, 2.75) is 12.3 Å². The summed E-state index contributed by atoms with van der Waals surface area (Å²) in [7, 11) is 4.12. The number of hydrogen-bond acceptors (Lipinski definition) is 4. The normalized spacial score (nSPS) is 14.6. The van der Waals surface area contributed by atoms with Gasteiger partial charge in [-0.05, 0) is 44.3 Å². The Morgan fingerprint density at radius 1 is 0.968 bits per heavy atom. The number of carbonyl (C=O) groups is 3. The van der Waals surface area contributed by atoms with E-state index in [-0.39, 0.29) is 17.3 Å². The molecule has 1 amide bonds. The Hall–Kier alpha value is -3.49. The number of nitrogens with zero attached hydrogens (tertiary/aromatic N) is 2. The van der Waals surface area contributed by atoms with Gasteiger partial charge in [0.05, 0.1) is 5.92 Å². The number of rotatable bonds is 7. The van der Waals surface area contributed by atoms with Gasteiger partial charge in [-0.15, -0.1) is 0 Å². The van der Waals surface area contributed by atoms with Gasteiger partial charge < -0.3 is 25.5 Å². The largest absolute Gasteiger partial charge is 0.478 e. The van der Waals surface area contributed by atoms with E-state index >= 15 is 0 Å². The molecule has 2 aromatic carbocycles. The minimum Gasteiger partial charge on any atom is -0.478 e. The minimum atomic E-state index is -1.26. The molecule has 0 spiro atoms. The molecule has 0 radical (unpaired) electrons. The minimum absolute atomic E-state index is 0. The van der Waals surface area contributed by atoms with Gasteiger partial charge in [0.15, 0.2) is 0 Å². The van der Waals surface area contributed by atoms with Crippen molar-refractivity contribution in [2.75, 3.05) is 32.1 Å². The average molecular weight is 428 g/mol. The Labute approximate surface area is 181 Å². The summed E-state index contributed by atoms with van der Waals surface area (Å²) in [5.74, 6) is -2.47. The summed E-state index contributed by atoms with van der Waals surface area (Å²) in [5, 5.41) is 15.6. The van der Waals surface area contributed by atoms with Crippen LogP contribution in [0.5, 0.6) is 0 Å². The van der Waals surface area contributed by atoms with E-state index in [1.165, 1.54) is 0 Å². The monoisotopic (exact) mass is 428 g/mol. The summed E-state index contributed by atoms with van der Waals surface area (Å²) in [6, 6.07) is 18.3. The second-order valence-electron chi connectivity index (χ2n) is 7.06. The fraction of sp³-hybridized carbons (Fsp3) is 0.261. The molecule has 31 heavy (non-hydrogen) atoms. The molecule has 0 fully saturated rings. The number of hydrogen-bond donors (Lipinski definition) is 2. The fourth-order valence-corrected chi connectivity index (χ4v) is 3.27. The van der Waals surface area contributed by atoms with Crippen molar-refractivity contribution in [1.29, 1.82) is 0 Å². The lowest BCUT2D eigenvalue weighted by molar-refractivity contribution is -0.134. The summed E-state index contributed by atoms with van der Waals surface area (Å²) in [6.45, 7) is 1.76. The third-order valence-electron chi connectivity index (χ3n) is 4.54. The molecular weight excluding hydrogens is 400 g/mol. The maximum atomic E-state index is 13.0. The first kappa shape index (κ1) is 25.5. The van der Waals surface area contributed by atoms with Gasteiger partial charge in [0, 0.05) is 24.4 Å². The first-order valence-electron chi connectivity index (χ1n) is 9.55. The molecule has 1 atom stereocenters. The Morgan fingerprint density at radius 3 is 2.06 bits per heavy atom. The average Bonchev–Trinajstić information content (AvgIpc) is 2.99. The van der Waals surface area contributed by atoms with E-state index in [1.54, 1.807) is 0 Å². The van der Waals surface area contributed by atoms with Gasteiger partial charge in [0.25, 0.3) is 0 Å². The summed E-state index contributed by atoms with van der Waals surface area (Å²) in [5.41, 5.74) is 3.28. The highest BCUT2D eigenvalue weighted by atomic mass is 16.4. The first-order valence-corrected chi connectivity index (χ1v) is 9.55. The molecule has 1 aliphatic heterocycles. The van der Waals surface area contributed by atoms with Gasteiger partial charge in [-0.1, -0.05) is 48.5 Å². The molecule has 3 rings (SSSR count). The van der Waals surface area contributed by atoms with Crippen LogP contribution >= 0.6 is 0 Å². The van der Waals surface area contributed by atoms with E-state index in [2.05, 4.69) is 31.1 Å². The Bertz CT molecular complexity index is 895. The zero-order valence-electron chi connectivity index (χ0n) is 17.6. The summed E-state index contributed by atoms with van der Waals surface area (Å²) < 4.78 is 0. The number of carbonyl (C=O) groups excluding carboxylic acids is 1. The molecule has 0 aliphatic carbocycles. The van der Waals surface area contributed by atoms with Crippen molar-refractivity contribution < 1.29 is 30.1 Å².